The maximum atomic E-state index is 5.92. The molecule has 0 spiro atoms. The maximum Gasteiger partial charge on any atom is 0.124 e. The highest BCUT2D eigenvalue weighted by atomic mass is 16.5. The van der Waals surface area contributed by atoms with Gasteiger partial charge in [-0.25, -0.2) is 0 Å². The van der Waals surface area contributed by atoms with Crippen molar-refractivity contribution in [3.63, 3.8) is 0 Å². The van der Waals surface area contributed by atoms with E-state index in [1.807, 2.05) is 6.07 Å². The first-order valence-corrected chi connectivity index (χ1v) is 8.25. The van der Waals surface area contributed by atoms with Gasteiger partial charge < -0.3 is 14.8 Å². The van der Waals surface area contributed by atoms with Gasteiger partial charge in [0.15, 0.2) is 0 Å². The summed E-state index contributed by atoms with van der Waals surface area (Å²) in [6.07, 6.45) is 0. The second-order valence-corrected chi connectivity index (χ2v) is 5.69. The van der Waals surface area contributed by atoms with E-state index in [4.69, 9.17) is 9.47 Å². The van der Waals surface area contributed by atoms with Crippen LogP contribution < -0.4 is 10.1 Å². The summed E-state index contributed by atoms with van der Waals surface area (Å²) in [5.41, 5.74) is 2.47. The van der Waals surface area contributed by atoms with Crippen LogP contribution in [0.5, 0.6) is 5.75 Å². The number of rotatable bonds is 8. The van der Waals surface area contributed by atoms with Gasteiger partial charge in [0.25, 0.3) is 0 Å². The Morgan fingerprint density at radius 2 is 1.58 bits per heavy atom. The van der Waals surface area contributed by atoms with Crippen molar-refractivity contribution in [2.24, 2.45) is 0 Å². The summed E-state index contributed by atoms with van der Waals surface area (Å²) in [4.78, 5) is 0. The second kappa shape index (κ2) is 8.48. The van der Waals surface area contributed by atoms with E-state index in [2.05, 4.69) is 66.0 Å². The molecule has 124 valence electrons. The standard InChI is InChI=1S/C21H23NO2/c1-23-13-14-24-21-12-11-18-9-5-6-10-19(18)20(21)16-22-15-17-7-3-2-4-8-17/h2-12,22H,13-16H2,1H3. The number of benzene rings is 3. The van der Waals surface area contributed by atoms with Gasteiger partial charge in [-0.05, 0) is 22.4 Å². The minimum Gasteiger partial charge on any atom is -0.491 e. The van der Waals surface area contributed by atoms with E-state index in [0.717, 1.165) is 18.8 Å². The highest BCUT2D eigenvalue weighted by Gasteiger charge is 2.08. The van der Waals surface area contributed by atoms with Crippen LogP contribution in [-0.4, -0.2) is 20.3 Å². The average molecular weight is 321 g/mol. The molecule has 0 fully saturated rings. The number of methoxy groups -OCH3 is 1. The van der Waals surface area contributed by atoms with Crippen molar-refractivity contribution < 1.29 is 9.47 Å². The molecule has 0 unspecified atom stereocenters. The van der Waals surface area contributed by atoms with E-state index in [1.54, 1.807) is 7.11 Å². The Labute approximate surface area is 143 Å². The van der Waals surface area contributed by atoms with Gasteiger partial charge in [0.05, 0.1) is 6.61 Å². The van der Waals surface area contributed by atoms with Gasteiger partial charge in [-0.3, -0.25) is 0 Å². The quantitative estimate of drug-likeness (QED) is 0.632. The lowest BCUT2D eigenvalue weighted by Gasteiger charge is -2.15. The van der Waals surface area contributed by atoms with Crippen LogP contribution in [-0.2, 0) is 17.8 Å². The number of hydrogen-bond donors (Lipinski definition) is 1. The zero-order chi connectivity index (χ0) is 16.6. The molecule has 0 amide bonds. The van der Waals surface area contributed by atoms with E-state index >= 15 is 0 Å². The molecule has 0 bridgehead atoms. The smallest absolute Gasteiger partial charge is 0.124 e. The molecule has 0 atom stereocenters. The Bertz CT molecular complexity index is 771. The van der Waals surface area contributed by atoms with Crippen molar-refractivity contribution in [3.05, 3.63) is 77.9 Å². The Balaban J connectivity index is 1.78. The van der Waals surface area contributed by atoms with Crippen molar-refractivity contribution >= 4 is 10.8 Å². The van der Waals surface area contributed by atoms with Crippen LogP contribution >= 0.6 is 0 Å². The van der Waals surface area contributed by atoms with Gasteiger partial charge in [-0.1, -0.05) is 60.7 Å². The summed E-state index contributed by atoms with van der Waals surface area (Å²) in [7, 11) is 1.69. The van der Waals surface area contributed by atoms with Crippen molar-refractivity contribution in [3.8, 4) is 5.75 Å². The number of ether oxygens (including phenoxy) is 2. The van der Waals surface area contributed by atoms with Crippen LogP contribution in [0.2, 0.25) is 0 Å². The Morgan fingerprint density at radius 1 is 0.792 bits per heavy atom. The lowest BCUT2D eigenvalue weighted by Crippen LogP contribution is -2.15. The molecule has 0 saturated carbocycles. The third kappa shape index (κ3) is 4.13. The fraction of sp³-hybridized carbons (Fsp3) is 0.238. The van der Waals surface area contributed by atoms with Gasteiger partial charge in [0.1, 0.15) is 12.4 Å². The van der Waals surface area contributed by atoms with Gasteiger partial charge >= 0.3 is 0 Å². The zero-order valence-electron chi connectivity index (χ0n) is 14.0. The van der Waals surface area contributed by atoms with Crippen molar-refractivity contribution in [1.29, 1.82) is 0 Å². The van der Waals surface area contributed by atoms with Crippen LogP contribution in [0.4, 0.5) is 0 Å². The second-order valence-electron chi connectivity index (χ2n) is 5.69. The van der Waals surface area contributed by atoms with E-state index in [1.165, 1.54) is 21.9 Å². The molecule has 3 aromatic carbocycles. The third-order valence-corrected chi connectivity index (χ3v) is 4.02. The minimum atomic E-state index is 0.556. The summed E-state index contributed by atoms with van der Waals surface area (Å²) < 4.78 is 11.0. The molecule has 1 N–H and O–H groups in total. The molecule has 0 radical (unpaired) electrons. The predicted octanol–water partition coefficient (Wildman–Crippen LogP) is 4.15. The van der Waals surface area contributed by atoms with Crippen molar-refractivity contribution in [2.45, 2.75) is 13.1 Å². The largest absolute Gasteiger partial charge is 0.491 e. The zero-order valence-corrected chi connectivity index (χ0v) is 14.0. The lowest BCUT2D eigenvalue weighted by atomic mass is 10.0. The van der Waals surface area contributed by atoms with Gasteiger partial charge in [-0.2, -0.15) is 0 Å². The normalized spacial score (nSPS) is 10.9. The molecule has 0 heterocycles. The van der Waals surface area contributed by atoms with E-state index in [0.29, 0.717) is 13.2 Å². The summed E-state index contributed by atoms with van der Waals surface area (Å²) in [6, 6.07) is 23.0. The summed E-state index contributed by atoms with van der Waals surface area (Å²) >= 11 is 0. The van der Waals surface area contributed by atoms with E-state index in [-0.39, 0.29) is 0 Å². The number of fused-ring (bicyclic) bond motifs is 1. The first-order chi connectivity index (χ1) is 11.9. The van der Waals surface area contributed by atoms with Crippen LogP contribution in [0.1, 0.15) is 11.1 Å². The van der Waals surface area contributed by atoms with Gasteiger partial charge in [-0.15, -0.1) is 0 Å². The molecule has 3 rings (SSSR count). The Kier molecular flexibility index (Phi) is 5.83. The lowest BCUT2D eigenvalue weighted by molar-refractivity contribution is 0.146. The van der Waals surface area contributed by atoms with E-state index < -0.39 is 0 Å². The molecule has 0 aliphatic rings. The van der Waals surface area contributed by atoms with Gasteiger partial charge in [0.2, 0.25) is 0 Å². The van der Waals surface area contributed by atoms with Crippen LogP contribution in [0.15, 0.2) is 66.7 Å². The maximum absolute atomic E-state index is 5.92. The first-order valence-electron chi connectivity index (χ1n) is 8.25. The molecule has 3 nitrogen and oxygen atoms in total. The highest BCUT2D eigenvalue weighted by Crippen LogP contribution is 2.28. The summed E-state index contributed by atoms with van der Waals surface area (Å²) in [6.45, 7) is 2.74. The molecule has 0 aromatic heterocycles. The SMILES string of the molecule is COCCOc1ccc2ccccc2c1CNCc1ccccc1. The van der Waals surface area contributed by atoms with Crippen molar-refractivity contribution in [1.82, 2.24) is 5.32 Å². The molecule has 0 aliphatic heterocycles. The molecule has 3 heteroatoms. The van der Waals surface area contributed by atoms with Crippen molar-refractivity contribution in [2.75, 3.05) is 20.3 Å². The van der Waals surface area contributed by atoms with Crippen LogP contribution in [0, 0.1) is 0 Å². The molecular weight excluding hydrogens is 298 g/mol. The molecular formula is C21H23NO2. The average Bonchev–Trinajstić information content (AvgIpc) is 2.64. The van der Waals surface area contributed by atoms with Crippen LogP contribution in [0.3, 0.4) is 0 Å². The predicted molar refractivity (Wildman–Crippen MR) is 98.3 cm³/mol. The minimum absolute atomic E-state index is 0.556. The molecule has 0 saturated heterocycles. The van der Waals surface area contributed by atoms with E-state index in [9.17, 15) is 0 Å². The monoisotopic (exact) mass is 321 g/mol. The Morgan fingerprint density at radius 3 is 2.42 bits per heavy atom. The topological polar surface area (TPSA) is 30.5 Å². The molecule has 0 aliphatic carbocycles. The fourth-order valence-corrected chi connectivity index (χ4v) is 2.80. The fourth-order valence-electron chi connectivity index (χ4n) is 2.80. The molecule has 3 aromatic rings. The third-order valence-electron chi connectivity index (χ3n) is 4.02. The highest BCUT2D eigenvalue weighted by molar-refractivity contribution is 5.87. The first kappa shape index (κ1) is 16.5. The number of nitrogens with one attached hydrogen (secondary N) is 1. The number of hydrogen-bond acceptors (Lipinski definition) is 3. The summed E-state index contributed by atoms with van der Waals surface area (Å²) in [5.74, 6) is 0.923. The molecule has 24 heavy (non-hydrogen) atoms. The van der Waals surface area contributed by atoms with Gasteiger partial charge in [0, 0.05) is 25.8 Å². The van der Waals surface area contributed by atoms with Crippen LogP contribution in [0.25, 0.3) is 10.8 Å². The Hall–Kier alpha value is -2.36. The summed E-state index contributed by atoms with van der Waals surface area (Å²) in [5, 5.41) is 5.99.